The van der Waals surface area contributed by atoms with Crippen LogP contribution in [-0.2, 0) is 0 Å². The van der Waals surface area contributed by atoms with Gasteiger partial charge in [0.2, 0.25) is 0 Å². The van der Waals surface area contributed by atoms with Crippen molar-refractivity contribution in [1.82, 2.24) is 9.80 Å². The SMILES string of the molecule is CCN(CCO)C(=O)c1ccc2c(c1)C(=O)N(C(C)C)C2=O. The van der Waals surface area contributed by atoms with Crippen molar-refractivity contribution < 1.29 is 19.5 Å². The van der Waals surface area contributed by atoms with E-state index in [4.69, 9.17) is 5.11 Å². The fourth-order valence-corrected chi connectivity index (χ4v) is 2.57. The third-order valence-electron chi connectivity index (χ3n) is 3.72. The molecular weight excluding hydrogens is 284 g/mol. The Balaban J connectivity index is 2.37. The first-order chi connectivity index (χ1) is 10.4. The highest BCUT2D eigenvalue weighted by Gasteiger charge is 2.37. The van der Waals surface area contributed by atoms with Crippen LogP contribution >= 0.6 is 0 Å². The number of hydrogen-bond donors (Lipinski definition) is 1. The molecule has 0 spiro atoms. The summed E-state index contributed by atoms with van der Waals surface area (Å²) in [5.41, 5.74) is 0.950. The minimum absolute atomic E-state index is 0.122. The second-order valence-corrected chi connectivity index (χ2v) is 5.44. The van der Waals surface area contributed by atoms with Crippen LogP contribution in [0.1, 0.15) is 51.8 Å². The number of aliphatic hydroxyl groups is 1. The van der Waals surface area contributed by atoms with Crippen LogP contribution in [0.15, 0.2) is 18.2 Å². The molecule has 1 aliphatic rings. The van der Waals surface area contributed by atoms with Gasteiger partial charge in [-0.05, 0) is 39.0 Å². The number of nitrogens with zero attached hydrogens (tertiary/aromatic N) is 2. The molecule has 0 fully saturated rings. The average molecular weight is 304 g/mol. The second-order valence-electron chi connectivity index (χ2n) is 5.44. The maximum Gasteiger partial charge on any atom is 0.261 e. The van der Waals surface area contributed by atoms with Crippen LogP contribution in [0.2, 0.25) is 0 Å². The van der Waals surface area contributed by atoms with Crippen molar-refractivity contribution in [1.29, 1.82) is 0 Å². The average Bonchev–Trinajstić information content (AvgIpc) is 2.75. The first-order valence-corrected chi connectivity index (χ1v) is 7.34. The number of hydrogen-bond acceptors (Lipinski definition) is 4. The molecule has 118 valence electrons. The molecule has 0 saturated carbocycles. The van der Waals surface area contributed by atoms with Crippen molar-refractivity contribution in [3.05, 3.63) is 34.9 Å². The Morgan fingerprint density at radius 2 is 1.86 bits per heavy atom. The highest BCUT2D eigenvalue weighted by atomic mass is 16.3. The number of imide groups is 1. The van der Waals surface area contributed by atoms with Gasteiger partial charge in [0.1, 0.15) is 0 Å². The van der Waals surface area contributed by atoms with Crippen LogP contribution in [0.25, 0.3) is 0 Å². The normalized spacial score (nSPS) is 13.8. The van der Waals surface area contributed by atoms with Gasteiger partial charge in [-0.3, -0.25) is 19.3 Å². The van der Waals surface area contributed by atoms with E-state index < -0.39 is 0 Å². The molecular formula is C16H20N2O4. The molecule has 3 amide bonds. The van der Waals surface area contributed by atoms with Gasteiger partial charge in [-0.2, -0.15) is 0 Å². The topological polar surface area (TPSA) is 77.9 Å². The summed E-state index contributed by atoms with van der Waals surface area (Å²) < 4.78 is 0. The number of likely N-dealkylation sites (N-methyl/N-ethyl adjacent to an activating group) is 1. The van der Waals surface area contributed by atoms with E-state index in [1.165, 1.54) is 21.9 Å². The predicted octanol–water partition coefficient (Wildman–Crippen LogP) is 1.15. The fourth-order valence-electron chi connectivity index (χ4n) is 2.57. The summed E-state index contributed by atoms with van der Waals surface area (Å²) in [6.07, 6.45) is 0. The van der Waals surface area contributed by atoms with E-state index in [9.17, 15) is 14.4 Å². The third-order valence-corrected chi connectivity index (χ3v) is 3.72. The Hall–Kier alpha value is -2.21. The standard InChI is InChI=1S/C16H20N2O4/c1-4-17(7-8-19)14(20)11-5-6-12-13(9-11)16(22)18(10(2)3)15(12)21/h5-6,9-10,19H,4,7-8H2,1-3H3. The predicted molar refractivity (Wildman–Crippen MR) is 80.7 cm³/mol. The molecule has 0 saturated heterocycles. The molecule has 22 heavy (non-hydrogen) atoms. The van der Waals surface area contributed by atoms with Crippen molar-refractivity contribution in [2.24, 2.45) is 0 Å². The summed E-state index contributed by atoms with van der Waals surface area (Å²) in [6, 6.07) is 4.32. The van der Waals surface area contributed by atoms with Gasteiger partial charge >= 0.3 is 0 Å². The lowest BCUT2D eigenvalue weighted by atomic mass is 10.0. The molecule has 0 aromatic heterocycles. The molecule has 1 heterocycles. The monoisotopic (exact) mass is 304 g/mol. The number of carbonyl (C=O) groups excluding carboxylic acids is 3. The van der Waals surface area contributed by atoms with E-state index >= 15 is 0 Å². The van der Waals surface area contributed by atoms with Gasteiger partial charge in [0.25, 0.3) is 17.7 Å². The summed E-state index contributed by atoms with van der Waals surface area (Å²) in [5, 5.41) is 8.99. The van der Waals surface area contributed by atoms with Gasteiger partial charge in [0, 0.05) is 24.7 Å². The minimum atomic E-state index is -0.366. The van der Waals surface area contributed by atoms with E-state index in [-0.39, 0.29) is 42.5 Å². The highest BCUT2D eigenvalue weighted by Crippen LogP contribution is 2.26. The summed E-state index contributed by atoms with van der Waals surface area (Å²) in [7, 11) is 0. The lowest BCUT2D eigenvalue weighted by molar-refractivity contribution is 0.0608. The lowest BCUT2D eigenvalue weighted by Gasteiger charge is -2.19. The zero-order valence-corrected chi connectivity index (χ0v) is 13.0. The molecule has 6 nitrogen and oxygen atoms in total. The van der Waals surface area contributed by atoms with E-state index in [2.05, 4.69) is 0 Å². The van der Waals surface area contributed by atoms with E-state index in [0.29, 0.717) is 17.7 Å². The van der Waals surface area contributed by atoms with Gasteiger partial charge in [0.05, 0.1) is 17.7 Å². The smallest absolute Gasteiger partial charge is 0.261 e. The zero-order valence-electron chi connectivity index (χ0n) is 13.0. The largest absolute Gasteiger partial charge is 0.395 e. The van der Waals surface area contributed by atoms with Crippen molar-refractivity contribution >= 4 is 17.7 Å². The number of aliphatic hydroxyl groups excluding tert-OH is 1. The molecule has 0 radical (unpaired) electrons. The number of rotatable bonds is 5. The van der Waals surface area contributed by atoms with E-state index in [1.807, 2.05) is 6.92 Å². The Morgan fingerprint density at radius 1 is 1.23 bits per heavy atom. The molecule has 0 bridgehead atoms. The molecule has 1 N–H and O–H groups in total. The summed E-state index contributed by atoms with van der Waals surface area (Å²) >= 11 is 0. The Morgan fingerprint density at radius 3 is 2.41 bits per heavy atom. The first kappa shape index (κ1) is 16.2. The van der Waals surface area contributed by atoms with Crippen molar-refractivity contribution in [2.45, 2.75) is 26.8 Å². The number of fused-ring (bicyclic) bond motifs is 1. The van der Waals surface area contributed by atoms with E-state index in [1.54, 1.807) is 19.9 Å². The summed E-state index contributed by atoms with van der Waals surface area (Å²) in [5.74, 6) is -0.950. The second kappa shape index (κ2) is 6.27. The molecule has 1 aromatic carbocycles. The molecule has 6 heteroatoms. The Bertz CT molecular complexity index is 625. The maximum absolute atomic E-state index is 12.4. The van der Waals surface area contributed by atoms with Crippen LogP contribution in [-0.4, -0.2) is 58.4 Å². The van der Waals surface area contributed by atoms with E-state index in [0.717, 1.165) is 0 Å². The first-order valence-electron chi connectivity index (χ1n) is 7.34. The molecule has 0 aliphatic carbocycles. The summed E-state index contributed by atoms with van der Waals surface area (Å²) in [6.45, 7) is 5.93. The van der Waals surface area contributed by atoms with Crippen molar-refractivity contribution in [3.8, 4) is 0 Å². The van der Waals surface area contributed by atoms with Crippen LogP contribution < -0.4 is 0 Å². The molecule has 2 rings (SSSR count). The van der Waals surface area contributed by atoms with Crippen LogP contribution in [0.5, 0.6) is 0 Å². The van der Waals surface area contributed by atoms with Gasteiger partial charge in [0.15, 0.2) is 0 Å². The van der Waals surface area contributed by atoms with Crippen LogP contribution in [0, 0.1) is 0 Å². The highest BCUT2D eigenvalue weighted by molar-refractivity contribution is 6.22. The van der Waals surface area contributed by atoms with Crippen molar-refractivity contribution in [2.75, 3.05) is 19.7 Å². The van der Waals surface area contributed by atoms with Crippen molar-refractivity contribution in [3.63, 3.8) is 0 Å². The zero-order chi connectivity index (χ0) is 16.4. The maximum atomic E-state index is 12.4. The fraction of sp³-hybridized carbons (Fsp3) is 0.438. The van der Waals surface area contributed by atoms with Gasteiger partial charge in [-0.25, -0.2) is 0 Å². The van der Waals surface area contributed by atoms with Gasteiger partial charge in [-0.1, -0.05) is 0 Å². The van der Waals surface area contributed by atoms with Crippen LogP contribution in [0.3, 0.4) is 0 Å². The Kier molecular flexibility index (Phi) is 4.61. The Labute approximate surface area is 129 Å². The van der Waals surface area contributed by atoms with Gasteiger partial charge < -0.3 is 10.0 Å². The number of amides is 3. The molecule has 1 aliphatic heterocycles. The molecule has 0 unspecified atom stereocenters. The van der Waals surface area contributed by atoms with Crippen LogP contribution in [0.4, 0.5) is 0 Å². The lowest BCUT2D eigenvalue weighted by Crippen LogP contribution is -2.36. The molecule has 0 atom stereocenters. The minimum Gasteiger partial charge on any atom is -0.395 e. The summed E-state index contributed by atoms with van der Waals surface area (Å²) in [4.78, 5) is 39.6. The molecule has 1 aromatic rings. The quantitative estimate of drug-likeness (QED) is 0.828. The number of benzene rings is 1. The van der Waals surface area contributed by atoms with Gasteiger partial charge in [-0.15, -0.1) is 0 Å². The number of carbonyl (C=O) groups is 3. The third kappa shape index (κ3) is 2.62.